The van der Waals surface area contributed by atoms with Crippen LogP contribution < -0.4 is 5.73 Å². The lowest BCUT2D eigenvalue weighted by molar-refractivity contribution is -0.103. The van der Waals surface area contributed by atoms with Gasteiger partial charge in [-0.1, -0.05) is 0 Å². The van der Waals surface area contributed by atoms with Gasteiger partial charge < -0.3 is 15.2 Å². The van der Waals surface area contributed by atoms with E-state index in [1.54, 1.807) is 12.1 Å². The number of halogens is 1. The lowest BCUT2D eigenvalue weighted by Crippen LogP contribution is -2.37. The highest BCUT2D eigenvalue weighted by Crippen LogP contribution is 2.18. The third-order valence-electron chi connectivity index (χ3n) is 2.12. The number of anilines is 1. The topological polar surface area (TPSA) is 61.6 Å². The summed E-state index contributed by atoms with van der Waals surface area (Å²) in [6.45, 7) is 0.963. The maximum atomic E-state index is 11.7. The summed E-state index contributed by atoms with van der Waals surface area (Å²) in [6, 6.07) is 5.27. The van der Waals surface area contributed by atoms with Crippen molar-refractivity contribution in [2.24, 2.45) is 0 Å². The highest BCUT2D eigenvalue weighted by atomic mass is 127. The number of rotatable bonds is 2. The largest absolute Gasteiger partial charge is 0.454 e. The summed E-state index contributed by atoms with van der Waals surface area (Å²) in [7, 11) is 0. The van der Waals surface area contributed by atoms with Gasteiger partial charge in [0.1, 0.15) is 6.10 Å². The van der Waals surface area contributed by atoms with Crippen LogP contribution in [0.1, 0.15) is 10.4 Å². The van der Waals surface area contributed by atoms with E-state index in [2.05, 4.69) is 22.6 Å². The van der Waals surface area contributed by atoms with Gasteiger partial charge in [0.2, 0.25) is 0 Å². The molecule has 2 N–H and O–H groups in total. The van der Waals surface area contributed by atoms with E-state index in [1.807, 2.05) is 6.07 Å². The molecule has 1 saturated heterocycles. The Morgan fingerprint density at radius 1 is 1.53 bits per heavy atom. The Bertz CT molecular complexity index is 390. The van der Waals surface area contributed by atoms with Gasteiger partial charge >= 0.3 is 5.97 Å². The zero-order valence-electron chi connectivity index (χ0n) is 7.90. The first-order valence-electron chi connectivity index (χ1n) is 4.50. The Labute approximate surface area is 101 Å². The summed E-state index contributed by atoms with van der Waals surface area (Å²) in [5, 5.41) is 0. The van der Waals surface area contributed by atoms with Crippen LogP contribution in [-0.2, 0) is 9.47 Å². The minimum atomic E-state index is -0.376. The number of nitrogens with two attached hydrogens (primary N) is 1. The third-order valence-corrected chi connectivity index (χ3v) is 2.79. The molecule has 15 heavy (non-hydrogen) atoms. The molecule has 0 aliphatic carbocycles. The quantitative estimate of drug-likeness (QED) is 0.509. The highest BCUT2D eigenvalue weighted by Gasteiger charge is 2.24. The van der Waals surface area contributed by atoms with Crippen molar-refractivity contribution < 1.29 is 14.3 Å². The Hall–Kier alpha value is -0.820. The fourth-order valence-corrected chi connectivity index (χ4v) is 1.69. The number of hydrogen-bond acceptors (Lipinski definition) is 4. The molecule has 5 heteroatoms. The van der Waals surface area contributed by atoms with Crippen molar-refractivity contribution in [2.75, 3.05) is 18.9 Å². The number of carbonyl (C=O) groups excluding carboxylic acids is 1. The van der Waals surface area contributed by atoms with Gasteiger partial charge in [-0.3, -0.25) is 0 Å². The molecule has 1 aromatic carbocycles. The fraction of sp³-hybridized carbons (Fsp3) is 0.300. The van der Waals surface area contributed by atoms with Gasteiger partial charge in [-0.05, 0) is 40.8 Å². The summed E-state index contributed by atoms with van der Waals surface area (Å²) in [5.41, 5.74) is 6.56. The first-order valence-corrected chi connectivity index (χ1v) is 5.58. The van der Waals surface area contributed by atoms with E-state index in [4.69, 9.17) is 15.2 Å². The molecule has 0 aromatic heterocycles. The van der Waals surface area contributed by atoms with Gasteiger partial charge in [-0.2, -0.15) is 0 Å². The van der Waals surface area contributed by atoms with E-state index in [1.165, 1.54) is 0 Å². The predicted octanol–water partition coefficient (Wildman–Crippen LogP) is 1.43. The van der Waals surface area contributed by atoms with Gasteiger partial charge in [-0.15, -0.1) is 0 Å². The van der Waals surface area contributed by atoms with E-state index in [0.29, 0.717) is 24.5 Å². The maximum absolute atomic E-state index is 11.7. The Kier molecular flexibility index (Phi) is 3.11. The first kappa shape index (κ1) is 10.7. The number of ether oxygens (including phenoxy) is 2. The highest BCUT2D eigenvalue weighted by molar-refractivity contribution is 14.1. The van der Waals surface area contributed by atoms with Crippen molar-refractivity contribution in [2.45, 2.75) is 6.10 Å². The van der Waals surface area contributed by atoms with Crippen LogP contribution in [0.25, 0.3) is 0 Å². The predicted molar refractivity (Wildman–Crippen MR) is 63.6 cm³/mol. The molecule has 0 amide bonds. The van der Waals surface area contributed by atoms with Crippen LogP contribution in [0.15, 0.2) is 18.2 Å². The normalized spacial score (nSPS) is 15.8. The zero-order chi connectivity index (χ0) is 10.8. The van der Waals surface area contributed by atoms with Crippen molar-refractivity contribution in [1.29, 1.82) is 0 Å². The molecule has 1 aliphatic heterocycles. The van der Waals surface area contributed by atoms with Crippen LogP contribution in [0.3, 0.4) is 0 Å². The molecule has 4 nitrogen and oxygen atoms in total. The average molecular weight is 319 g/mol. The van der Waals surface area contributed by atoms with Crippen LogP contribution >= 0.6 is 22.6 Å². The van der Waals surface area contributed by atoms with Gasteiger partial charge in [0.15, 0.2) is 0 Å². The lowest BCUT2D eigenvalue weighted by Gasteiger charge is -2.25. The van der Waals surface area contributed by atoms with Gasteiger partial charge in [0.25, 0.3) is 0 Å². The molecule has 1 aromatic rings. The van der Waals surface area contributed by atoms with Crippen LogP contribution in [0.4, 0.5) is 5.69 Å². The van der Waals surface area contributed by atoms with Crippen LogP contribution in [0.2, 0.25) is 0 Å². The molecule has 1 aliphatic rings. The monoisotopic (exact) mass is 319 g/mol. The summed E-state index contributed by atoms with van der Waals surface area (Å²) in [6.07, 6.45) is -0.116. The standard InChI is InChI=1S/C10H10INO3/c11-6-1-2-9(12)8(3-6)10(13)15-7-4-14-5-7/h1-3,7H,4-5,12H2. The second kappa shape index (κ2) is 4.36. The van der Waals surface area contributed by atoms with E-state index < -0.39 is 0 Å². The second-order valence-corrected chi connectivity index (χ2v) is 4.54. The fourth-order valence-electron chi connectivity index (χ4n) is 1.20. The molecule has 1 fully saturated rings. The Morgan fingerprint density at radius 2 is 2.27 bits per heavy atom. The summed E-state index contributed by atoms with van der Waals surface area (Å²) in [5.74, 6) is -0.376. The SMILES string of the molecule is Nc1ccc(I)cc1C(=O)OC1COC1. The molecule has 0 unspecified atom stereocenters. The number of hydrogen-bond donors (Lipinski definition) is 1. The van der Waals surface area contributed by atoms with Crippen LogP contribution in [-0.4, -0.2) is 25.3 Å². The van der Waals surface area contributed by atoms with Crippen molar-refractivity contribution in [3.63, 3.8) is 0 Å². The summed E-state index contributed by atoms with van der Waals surface area (Å²) in [4.78, 5) is 11.7. The molecule has 0 radical (unpaired) electrons. The Morgan fingerprint density at radius 3 is 2.87 bits per heavy atom. The molecule has 0 bridgehead atoms. The van der Waals surface area contributed by atoms with Crippen molar-refractivity contribution in [3.8, 4) is 0 Å². The van der Waals surface area contributed by atoms with Crippen molar-refractivity contribution in [3.05, 3.63) is 27.3 Å². The molecule has 80 valence electrons. The second-order valence-electron chi connectivity index (χ2n) is 3.30. The van der Waals surface area contributed by atoms with E-state index in [0.717, 1.165) is 3.57 Å². The summed E-state index contributed by atoms with van der Waals surface area (Å²) >= 11 is 2.12. The molecule has 0 spiro atoms. The van der Waals surface area contributed by atoms with Crippen LogP contribution in [0, 0.1) is 3.57 Å². The molecule has 0 atom stereocenters. The van der Waals surface area contributed by atoms with Gasteiger partial charge in [0.05, 0.1) is 18.8 Å². The minimum absolute atomic E-state index is 0.116. The zero-order valence-corrected chi connectivity index (χ0v) is 10.1. The molecule has 1 heterocycles. The van der Waals surface area contributed by atoms with Gasteiger partial charge in [-0.25, -0.2) is 4.79 Å². The number of benzene rings is 1. The van der Waals surface area contributed by atoms with Crippen LogP contribution in [0.5, 0.6) is 0 Å². The maximum Gasteiger partial charge on any atom is 0.340 e. The molecular formula is C10H10INO3. The minimum Gasteiger partial charge on any atom is -0.454 e. The van der Waals surface area contributed by atoms with Gasteiger partial charge in [0, 0.05) is 9.26 Å². The van der Waals surface area contributed by atoms with Crippen molar-refractivity contribution >= 4 is 34.2 Å². The number of nitrogen functional groups attached to an aromatic ring is 1. The number of carbonyl (C=O) groups is 1. The lowest BCUT2D eigenvalue weighted by atomic mass is 10.2. The van der Waals surface area contributed by atoms with E-state index in [-0.39, 0.29) is 12.1 Å². The summed E-state index contributed by atoms with van der Waals surface area (Å²) < 4.78 is 11.0. The number of esters is 1. The first-order chi connectivity index (χ1) is 7.16. The van der Waals surface area contributed by atoms with E-state index in [9.17, 15) is 4.79 Å². The third kappa shape index (κ3) is 2.40. The molecule has 2 rings (SSSR count). The Balaban J connectivity index is 2.12. The smallest absolute Gasteiger partial charge is 0.340 e. The average Bonchev–Trinajstić information content (AvgIpc) is 2.15. The molecule has 0 saturated carbocycles. The van der Waals surface area contributed by atoms with Crippen molar-refractivity contribution in [1.82, 2.24) is 0 Å². The van der Waals surface area contributed by atoms with E-state index >= 15 is 0 Å². The molecular weight excluding hydrogens is 309 g/mol.